The van der Waals surface area contributed by atoms with Crippen LogP contribution < -0.4 is 16.0 Å². The maximum absolute atomic E-state index is 11.6. The number of primary amides is 1. The predicted molar refractivity (Wildman–Crippen MR) is 79.9 cm³/mol. The summed E-state index contributed by atoms with van der Waals surface area (Å²) in [5.74, 6) is -0.900. The lowest BCUT2D eigenvalue weighted by atomic mass is 10.1. The summed E-state index contributed by atoms with van der Waals surface area (Å²) >= 11 is 0. The van der Waals surface area contributed by atoms with Crippen molar-refractivity contribution in [2.45, 2.75) is 19.9 Å². The molecule has 0 heterocycles. The molecular weight excluding hydrogens is 254 g/mol. The molecule has 1 radical (unpaired) electrons. The molecule has 0 unspecified atom stereocenters. The lowest BCUT2D eigenvalue weighted by Gasteiger charge is -2.13. The third-order valence-corrected chi connectivity index (χ3v) is 3.06. The van der Waals surface area contributed by atoms with Gasteiger partial charge in [-0.05, 0) is 24.1 Å². The smallest absolute Gasteiger partial charge is 0.224 e. The SMILES string of the molecule is C[C@@H](C[CH]C(=O)NCc1ccc(N(C)C)cc1)C(N)=O. The number of nitrogens with one attached hydrogen (secondary N) is 1. The van der Waals surface area contributed by atoms with Gasteiger partial charge < -0.3 is 16.0 Å². The van der Waals surface area contributed by atoms with Gasteiger partial charge in [-0.2, -0.15) is 0 Å². The zero-order valence-electron chi connectivity index (χ0n) is 12.2. The number of carbonyl (C=O) groups is 2. The molecule has 0 aliphatic carbocycles. The number of hydrogen-bond acceptors (Lipinski definition) is 3. The number of nitrogens with zero attached hydrogens (tertiary/aromatic N) is 1. The van der Waals surface area contributed by atoms with Crippen molar-refractivity contribution < 1.29 is 9.59 Å². The summed E-state index contributed by atoms with van der Waals surface area (Å²) in [6.45, 7) is 2.17. The van der Waals surface area contributed by atoms with E-state index in [0.29, 0.717) is 13.0 Å². The summed E-state index contributed by atoms with van der Waals surface area (Å²) in [7, 11) is 3.96. The Morgan fingerprint density at radius 1 is 1.30 bits per heavy atom. The Hall–Kier alpha value is -2.04. The normalized spacial score (nSPS) is 11.8. The molecule has 0 aromatic heterocycles. The van der Waals surface area contributed by atoms with E-state index in [2.05, 4.69) is 5.32 Å². The van der Waals surface area contributed by atoms with Crippen LogP contribution in [-0.2, 0) is 16.1 Å². The molecule has 1 aromatic carbocycles. The van der Waals surface area contributed by atoms with Crippen LogP contribution >= 0.6 is 0 Å². The summed E-state index contributed by atoms with van der Waals surface area (Å²) in [5.41, 5.74) is 7.27. The first-order valence-corrected chi connectivity index (χ1v) is 6.56. The van der Waals surface area contributed by atoms with Gasteiger partial charge in [0.2, 0.25) is 11.8 Å². The number of benzene rings is 1. The first kappa shape index (κ1) is 16.0. The van der Waals surface area contributed by atoms with E-state index in [9.17, 15) is 9.59 Å². The van der Waals surface area contributed by atoms with E-state index in [1.807, 2.05) is 43.3 Å². The number of carbonyl (C=O) groups excluding carboxylic acids is 2. The molecule has 5 nitrogen and oxygen atoms in total. The Kier molecular flexibility index (Phi) is 6.03. The molecule has 0 spiro atoms. The zero-order valence-corrected chi connectivity index (χ0v) is 12.2. The minimum absolute atomic E-state index is 0.185. The van der Waals surface area contributed by atoms with Gasteiger partial charge >= 0.3 is 0 Å². The third-order valence-electron chi connectivity index (χ3n) is 3.06. The lowest BCUT2D eigenvalue weighted by Crippen LogP contribution is -2.26. The molecule has 109 valence electrons. The van der Waals surface area contributed by atoms with Crippen LogP contribution in [0.3, 0.4) is 0 Å². The molecule has 2 amide bonds. The molecule has 0 bridgehead atoms. The molecule has 0 fully saturated rings. The summed E-state index contributed by atoms with van der Waals surface area (Å²) in [4.78, 5) is 24.5. The maximum Gasteiger partial charge on any atom is 0.224 e. The van der Waals surface area contributed by atoms with Crippen molar-refractivity contribution in [3.8, 4) is 0 Å². The highest BCUT2D eigenvalue weighted by atomic mass is 16.2. The van der Waals surface area contributed by atoms with Crippen molar-refractivity contribution in [3.05, 3.63) is 36.2 Å². The van der Waals surface area contributed by atoms with Crippen LogP contribution in [0.15, 0.2) is 24.3 Å². The maximum atomic E-state index is 11.6. The fourth-order valence-electron chi connectivity index (χ4n) is 1.57. The second kappa shape index (κ2) is 7.53. The molecule has 5 heteroatoms. The minimum atomic E-state index is -0.395. The third kappa shape index (κ3) is 5.30. The monoisotopic (exact) mass is 276 g/mol. The average Bonchev–Trinajstić information content (AvgIpc) is 2.42. The first-order valence-electron chi connectivity index (χ1n) is 6.56. The highest BCUT2D eigenvalue weighted by Gasteiger charge is 2.11. The second-order valence-corrected chi connectivity index (χ2v) is 5.02. The van der Waals surface area contributed by atoms with Gasteiger partial charge in [-0.3, -0.25) is 9.59 Å². The van der Waals surface area contributed by atoms with Gasteiger partial charge in [0, 0.05) is 32.2 Å². The Balaban J connectivity index is 2.35. The Morgan fingerprint density at radius 3 is 2.40 bits per heavy atom. The molecule has 0 saturated heterocycles. The van der Waals surface area contributed by atoms with Crippen LogP contribution in [0, 0.1) is 12.3 Å². The van der Waals surface area contributed by atoms with Crippen LogP contribution in [0.1, 0.15) is 18.9 Å². The zero-order chi connectivity index (χ0) is 15.1. The topological polar surface area (TPSA) is 75.4 Å². The van der Waals surface area contributed by atoms with Crippen molar-refractivity contribution >= 4 is 17.5 Å². The van der Waals surface area contributed by atoms with E-state index in [0.717, 1.165) is 11.3 Å². The van der Waals surface area contributed by atoms with E-state index in [4.69, 9.17) is 5.73 Å². The van der Waals surface area contributed by atoms with Crippen molar-refractivity contribution in [1.29, 1.82) is 0 Å². The lowest BCUT2D eigenvalue weighted by molar-refractivity contribution is -0.121. The Bertz CT molecular complexity index is 455. The molecule has 0 aliphatic rings. The van der Waals surface area contributed by atoms with Crippen molar-refractivity contribution in [1.82, 2.24) is 5.32 Å². The number of hydrogen-bond donors (Lipinski definition) is 2. The second-order valence-electron chi connectivity index (χ2n) is 5.02. The number of amides is 2. The molecular formula is C15H22N3O2. The minimum Gasteiger partial charge on any atom is -0.378 e. The molecule has 0 aliphatic heterocycles. The van der Waals surface area contributed by atoms with Gasteiger partial charge in [-0.25, -0.2) is 0 Å². The molecule has 1 aromatic rings. The predicted octanol–water partition coefficient (Wildman–Crippen LogP) is 1.08. The van der Waals surface area contributed by atoms with E-state index >= 15 is 0 Å². The van der Waals surface area contributed by atoms with Crippen LogP contribution in [0.2, 0.25) is 0 Å². The summed E-state index contributed by atoms with van der Waals surface area (Å²) in [6, 6.07) is 7.95. The molecule has 0 saturated carbocycles. The first-order chi connectivity index (χ1) is 9.40. The number of rotatable bonds is 7. The van der Waals surface area contributed by atoms with Crippen molar-refractivity contribution in [2.75, 3.05) is 19.0 Å². The largest absolute Gasteiger partial charge is 0.378 e. The van der Waals surface area contributed by atoms with Gasteiger partial charge in [-0.15, -0.1) is 0 Å². The van der Waals surface area contributed by atoms with Crippen LogP contribution in [-0.4, -0.2) is 25.9 Å². The van der Waals surface area contributed by atoms with Crippen molar-refractivity contribution in [2.24, 2.45) is 11.7 Å². The van der Waals surface area contributed by atoms with Gasteiger partial charge in [0.1, 0.15) is 0 Å². The summed E-state index contributed by atoms with van der Waals surface area (Å²) in [5, 5.41) is 2.78. The Morgan fingerprint density at radius 2 is 1.90 bits per heavy atom. The van der Waals surface area contributed by atoms with Crippen LogP contribution in [0.25, 0.3) is 0 Å². The highest BCUT2D eigenvalue weighted by Crippen LogP contribution is 2.12. The van der Waals surface area contributed by atoms with E-state index in [1.54, 1.807) is 6.92 Å². The Labute approximate surface area is 120 Å². The highest BCUT2D eigenvalue weighted by molar-refractivity contribution is 5.85. The molecule has 3 N–H and O–H groups in total. The average molecular weight is 276 g/mol. The fraction of sp³-hybridized carbons (Fsp3) is 0.400. The van der Waals surface area contributed by atoms with E-state index < -0.39 is 5.91 Å². The van der Waals surface area contributed by atoms with E-state index in [-0.39, 0.29) is 11.8 Å². The quantitative estimate of drug-likeness (QED) is 0.782. The summed E-state index contributed by atoms with van der Waals surface area (Å²) < 4.78 is 0. The molecule has 1 rings (SSSR count). The standard InChI is InChI=1S/C15H22N3O2/c1-11(15(16)20)4-9-14(19)17-10-12-5-7-13(8-6-12)18(2)3/h5-9,11H,4,10H2,1-3H3,(H2,16,20)(H,17,19)/t11-/m0/s1. The molecule has 1 atom stereocenters. The van der Waals surface area contributed by atoms with Gasteiger partial charge in [0.15, 0.2) is 0 Å². The van der Waals surface area contributed by atoms with E-state index in [1.165, 1.54) is 6.42 Å². The molecule has 20 heavy (non-hydrogen) atoms. The van der Waals surface area contributed by atoms with Crippen LogP contribution in [0.5, 0.6) is 0 Å². The van der Waals surface area contributed by atoms with Gasteiger partial charge in [0.25, 0.3) is 0 Å². The number of anilines is 1. The van der Waals surface area contributed by atoms with Gasteiger partial charge in [-0.1, -0.05) is 19.1 Å². The fourth-order valence-corrected chi connectivity index (χ4v) is 1.57. The van der Waals surface area contributed by atoms with Crippen LogP contribution in [0.4, 0.5) is 5.69 Å². The van der Waals surface area contributed by atoms with Crippen molar-refractivity contribution in [3.63, 3.8) is 0 Å². The number of nitrogens with two attached hydrogens (primary N) is 1. The van der Waals surface area contributed by atoms with Gasteiger partial charge in [0.05, 0.1) is 6.42 Å². The summed E-state index contributed by atoms with van der Waals surface area (Å²) in [6.07, 6.45) is 1.82.